The van der Waals surface area contributed by atoms with Crippen molar-refractivity contribution in [3.8, 4) is 0 Å². The molecule has 4 heterocycles. The van der Waals surface area contributed by atoms with Gasteiger partial charge in [-0.25, -0.2) is 9.97 Å². The molecule has 0 aromatic carbocycles. The van der Waals surface area contributed by atoms with E-state index < -0.39 is 5.82 Å². The zero-order valence-corrected chi connectivity index (χ0v) is 17.9. The van der Waals surface area contributed by atoms with E-state index in [4.69, 9.17) is 4.74 Å². The number of nitrogens with one attached hydrogen (secondary N) is 2. The number of piperazine rings is 1. The molecule has 3 fully saturated rings. The normalized spacial score (nSPS) is 21.7. The molecule has 2 aromatic heterocycles. The third-order valence-corrected chi connectivity index (χ3v) is 6.43. The number of aromatic amines is 1. The lowest BCUT2D eigenvalue weighted by Gasteiger charge is -2.50. The van der Waals surface area contributed by atoms with E-state index >= 15 is 4.39 Å². The Balaban J connectivity index is 1.38. The fourth-order valence-electron chi connectivity index (χ4n) is 4.12. The van der Waals surface area contributed by atoms with Crippen molar-refractivity contribution in [1.29, 1.82) is 0 Å². The summed E-state index contributed by atoms with van der Waals surface area (Å²) in [6, 6.07) is 1.91. The number of hydrogen-bond donors (Lipinski definition) is 2. The molecule has 30 heavy (non-hydrogen) atoms. The van der Waals surface area contributed by atoms with E-state index in [1.54, 1.807) is 0 Å². The Morgan fingerprint density at radius 1 is 1.20 bits per heavy atom. The van der Waals surface area contributed by atoms with E-state index in [0.717, 1.165) is 63.8 Å². The van der Waals surface area contributed by atoms with Crippen LogP contribution in [0, 0.1) is 5.82 Å². The largest absolute Gasteiger partial charge is 0.377 e. The van der Waals surface area contributed by atoms with Gasteiger partial charge in [-0.2, -0.15) is 9.49 Å². The second-order valence-corrected chi connectivity index (χ2v) is 9.29. The minimum Gasteiger partial charge on any atom is -0.377 e. The molecule has 0 radical (unpaired) electrons. The van der Waals surface area contributed by atoms with Crippen LogP contribution in [-0.2, 0) is 4.74 Å². The molecule has 9 heteroatoms. The molecule has 0 unspecified atom stereocenters. The highest BCUT2D eigenvalue weighted by Crippen LogP contribution is 2.40. The number of nitrogens with zero attached hydrogens (tertiary/aromatic N) is 5. The number of rotatable bonds is 6. The van der Waals surface area contributed by atoms with Gasteiger partial charge in [0, 0.05) is 43.9 Å². The van der Waals surface area contributed by atoms with Crippen LogP contribution in [0.5, 0.6) is 0 Å². The lowest BCUT2D eigenvalue weighted by Crippen LogP contribution is -2.64. The van der Waals surface area contributed by atoms with Crippen molar-refractivity contribution in [3.63, 3.8) is 0 Å². The zero-order chi connectivity index (χ0) is 20.9. The van der Waals surface area contributed by atoms with Gasteiger partial charge in [0.25, 0.3) is 0 Å². The van der Waals surface area contributed by atoms with Gasteiger partial charge in [0.05, 0.1) is 18.8 Å². The molecule has 2 aromatic rings. The Morgan fingerprint density at radius 3 is 2.50 bits per heavy atom. The summed E-state index contributed by atoms with van der Waals surface area (Å²) in [4.78, 5) is 13.7. The molecule has 1 saturated carbocycles. The molecule has 2 N–H and O–H groups in total. The molecule has 2 saturated heterocycles. The first-order valence-corrected chi connectivity index (χ1v) is 10.9. The quantitative estimate of drug-likeness (QED) is 0.750. The minimum absolute atomic E-state index is 0.121. The van der Waals surface area contributed by atoms with E-state index in [1.165, 1.54) is 0 Å². The van der Waals surface area contributed by atoms with Crippen molar-refractivity contribution in [1.82, 2.24) is 25.1 Å². The predicted octanol–water partition coefficient (Wildman–Crippen LogP) is 2.99. The fraction of sp³-hybridized carbons (Fsp3) is 0.667. The summed E-state index contributed by atoms with van der Waals surface area (Å²) in [7, 11) is 0. The number of hydrogen-bond acceptors (Lipinski definition) is 7. The first kappa shape index (κ1) is 19.7. The van der Waals surface area contributed by atoms with Crippen LogP contribution in [0.25, 0.3) is 0 Å². The summed E-state index contributed by atoms with van der Waals surface area (Å²) in [5, 5.41) is 10.3. The lowest BCUT2D eigenvalue weighted by atomic mass is 9.97. The van der Waals surface area contributed by atoms with Gasteiger partial charge in [-0.15, -0.1) is 0 Å². The molecular weight excluding hydrogens is 385 g/mol. The predicted molar refractivity (Wildman–Crippen MR) is 113 cm³/mol. The highest BCUT2D eigenvalue weighted by Gasteiger charge is 2.41. The van der Waals surface area contributed by atoms with Crippen LogP contribution < -0.4 is 10.2 Å². The molecule has 1 aliphatic carbocycles. The molecular formula is C21H30FN7O. The minimum atomic E-state index is -0.403. The van der Waals surface area contributed by atoms with Crippen LogP contribution in [0.1, 0.15) is 57.0 Å². The summed E-state index contributed by atoms with van der Waals surface area (Å²) < 4.78 is 20.9. The molecule has 0 bridgehead atoms. The van der Waals surface area contributed by atoms with Crippen LogP contribution in [0.4, 0.5) is 21.8 Å². The third-order valence-electron chi connectivity index (χ3n) is 6.43. The van der Waals surface area contributed by atoms with Crippen LogP contribution in [0.3, 0.4) is 0 Å². The first-order valence-electron chi connectivity index (χ1n) is 10.9. The summed E-state index contributed by atoms with van der Waals surface area (Å²) in [5.74, 6) is 2.18. The molecule has 3 aliphatic rings. The highest BCUT2D eigenvalue weighted by atomic mass is 19.1. The Hall–Kier alpha value is -2.26. The van der Waals surface area contributed by atoms with Gasteiger partial charge < -0.3 is 15.0 Å². The second kappa shape index (κ2) is 7.46. The van der Waals surface area contributed by atoms with Crippen molar-refractivity contribution in [2.24, 2.45) is 0 Å². The van der Waals surface area contributed by atoms with E-state index in [1.807, 2.05) is 6.07 Å². The molecule has 0 spiro atoms. The Labute approximate surface area is 176 Å². The van der Waals surface area contributed by atoms with Gasteiger partial charge in [0.15, 0.2) is 17.5 Å². The number of ether oxygens (including phenoxy) is 1. The number of halogens is 1. The van der Waals surface area contributed by atoms with E-state index in [2.05, 4.69) is 56.1 Å². The van der Waals surface area contributed by atoms with Crippen molar-refractivity contribution in [3.05, 3.63) is 23.4 Å². The van der Waals surface area contributed by atoms with Crippen LogP contribution in [-0.4, -0.2) is 70.0 Å². The van der Waals surface area contributed by atoms with Crippen molar-refractivity contribution >= 4 is 17.5 Å². The van der Waals surface area contributed by atoms with E-state index in [-0.39, 0.29) is 11.4 Å². The van der Waals surface area contributed by atoms with Gasteiger partial charge in [0.2, 0.25) is 5.82 Å². The van der Waals surface area contributed by atoms with Crippen molar-refractivity contribution in [2.45, 2.75) is 51.0 Å². The van der Waals surface area contributed by atoms with Crippen LogP contribution in [0.2, 0.25) is 0 Å². The van der Waals surface area contributed by atoms with Crippen molar-refractivity contribution < 1.29 is 9.13 Å². The maximum absolute atomic E-state index is 15.5. The van der Waals surface area contributed by atoms with Crippen LogP contribution >= 0.6 is 0 Å². The Kier molecular flexibility index (Phi) is 4.89. The van der Waals surface area contributed by atoms with Gasteiger partial charge in [0.1, 0.15) is 5.82 Å². The second-order valence-electron chi connectivity index (χ2n) is 9.29. The Morgan fingerprint density at radius 2 is 1.93 bits per heavy atom. The number of anilines is 3. The van der Waals surface area contributed by atoms with Gasteiger partial charge in [-0.05, 0) is 25.7 Å². The zero-order valence-electron chi connectivity index (χ0n) is 17.9. The standard InChI is InChI=1S/C21H30FN7O/c1-13(2)15-10-16(27-26-15)23-19-17(22)20(25-18(24-19)14-4-5-14)28-6-8-29(9-7-28)21(3)11-30-12-21/h10,13-14H,4-9,11-12H2,1-3H3,(H2,23,24,25,26,27). The number of H-pyrrole nitrogens is 1. The SMILES string of the molecule is CC(C)c1cc(Nc2nc(C3CC3)nc(N3CCN(C4(C)COC4)CC3)c2F)n[nH]1. The smallest absolute Gasteiger partial charge is 0.208 e. The highest BCUT2D eigenvalue weighted by molar-refractivity contribution is 5.59. The maximum atomic E-state index is 15.5. The average Bonchev–Trinajstić information content (AvgIpc) is 3.46. The van der Waals surface area contributed by atoms with Crippen molar-refractivity contribution in [2.75, 3.05) is 49.6 Å². The maximum Gasteiger partial charge on any atom is 0.208 e. The number of aromatic nitrogens is 4. The van der Waals surface area contributed by atoms with Gasteiger partial charge in [-0.3, -0.25) is 10.00 Å². The molecule has 162 valence electrons. The lowest BCUT2D eigenvalue weighted by molar-refractivity contribution is -0.131. The molecule has 5 rings (SSSR count). The van der Waals surface area contributed by atoms with E-state index in [0.29, 0.717) is 23.5 Å². The van der Waals surface area contributed by atoms with Gasteiger partial charge in [-0.1, -0.05) is 13.8 Å². The molecule has 2 aliphatic heterocycles. The Bertz CT molecular complexity index is 914. The topological polar surface area (TPSA) is 82.2 Å². The summed E-state index contributed by atoms with van der Waals surface area (Å²) in [6.07, 6.45) is 2.13. The third kappa shape index (κ3) is 3.65. The summed E-state index contributed by atoms with van der Waals surface area (Å²) in [6.45, 7) is 11.2. The monoisotopic (exact) mass is 415 g/mol. The fourth-order valence-corrected chi connectivity index (χ4v) is 4.12. The summed E-state index contributed by atoms with van der Waals surface area (Å²) in [5.41, 5.74) is 1.12. The van der Waals surface area contributed by atoms with E-state index in [9.17, 15) is 0 Å². The first-order chi connectivity index (χ1) is 14.4. The van der Waals surface area contributed by atoms with Gasteiger partial charge >= 0.3 is 0 Å². The van der Waals surface area contributed by atoms with Crippen LogP contribution in [0.15, 0.2) is 6.07 Å². The molecule has 0 amide bonds. The molecule has 0 atom stereocenters. The molecule has 8 nitrogen and oxygen atoms in total. The average molecular weight is 416 g/mol. The summed E-state index contributed by atoms with van der Waals surface area (Å²) >= 11 is 0.